The van der Waals surface area contributed by atoms with E-state index in [1.807, 2.05) is 0 Å². The van der Waals surface area contributed by atoms with E-state index in [2.05, 4.69) is 10.3 Å². The molecule has 1 rings (SSSR count). The number of hydrogen-bond donors (Lipinski definition) is 3. The van der Waals surface area contributed by atoms with Gasteiger partial charge in [-0.25, -0.2) is 4.98 Å². The number of pyridine rings is 1. The fourth-order valence-electron chi connectivity index (χ4n) is 1.22. The summed E-state index contributed by atoms with van der Waals surface area (Å²) in [7, 11) is 0. The number of amides is 1. The minimum Gasteiger partial charge on any atom is -0.481 e. The first kappa shape index (κ1) is 13.0. The number of nitrogens with two attached hydrogens (primary N) is 1. The van der Waals surface area contributed by atoms with E-state index in [9.17, 15) is 9.59 Å². The van der Waals surface area contributed by atoms with Gasteiger partial charge in [0.05, 0.1) is 5.92 Å². The average Bonchev–Trinajstić information content (AvgIpc) is 2.29. The molecule has 0 spiro atoms. The van der Waals surface area contributed by atoms with Gasteiger partial charge in [-0.1, -0.05) is 6.92 Å². The van der Waals surface area contributed by atoms with Gasteiger partial charge in [0.1, 0.15) is 5.82 Å². The molecule has 4 N–H and O–H groups in total. The normalized spacial score (nSPS) is 11.8. The van der Waals surface area contributed by atoms with Gasteiger partial charge in [-0.2, -0.15) is 0 Å². The molecule has 1 heterocycles. The molecule has 0 aliphatic carbocycles. The molecule has 1 unspecified atom stereocenters. The Bertz CT molecular complexity index is 420. The number of primary amides is 1. The predicted octanol–water partition coefficient (Wildman–Crippen LogP) is 0.703. The van der Waals surface area contributed by atoms with E-state index in [1.54, 1.807) is 6.92 Å². The third-order valence-corrected chi connectivity index (χ3v) is 2.35. The van der Waals surface area contributed by atoms with Crippen molar-refractivity contribution >= 4 is 17.7 Å². The van der Waals surface area contributed by atoms with Crippen LogP contribution in [0.4, 0.5) is 5.82 Å². The van der Waals surface area contributed by atoms with Gasteiger partial charge in [-0.3, -0.25) is 9.59 Å². The van der Waals surface area contributed by atoms with Crippen LogP contribution in [0.1, 0.15) is 23.7 Å². The Morgan fingerprint density at radius 1 is 1.59 bits per heavy atom. The van der Waals surface area contributed by atoms with E-state index in [1.165, 1.54) is 18.3 Å². The van der Waals surface area contributed by atoms with Crippen LogP contribution in [0.15, 0.2) is 18.3 Å². The number of rotatable bonds is 6. The van der Waals surface area contributed by atoms with E-state index in [4.69, 9.17) is 10.8 Å². The lowest BCUT2D eigenvalue weighted by atomic mass is 10.1. The molecule has 0 radical (unpaired) electrons. The van der Waals surface area contributed by atoms with Gasteiger partial charge in [-0.15, -0.1) is 0 Å². The minimum atomic E-state index is -0.828. The molecule has 0 aromatic carbocycles. The molecule has 0 aliphatic rings. The Hall–Kier alpha value is -2.11. The Kier molecular flexibility index (Phi) is 4.45. The summed E-state index contributed by atoms with van der Waals surface area (Å²) in [6.45, 7) is 2.11. The Morgan fingerprint density at radius 3 is 2.88 bits per heavy atom. The molecule has 0 fully saturated rings. The zero-order chi connectivity index (χ0) is 12.8. The van der Waals surface area contributed by atoms with Crippen molar-refractivity contribution in [2.24, 2.45) is 11.7 Å². The first-order chi connectivity index (χ1) is 8.00. The number of anilines is 1. The molecule has 1 amide bonds. The van der Waals surface area contributed by atoms with Crippen molar-refractivity contribution in [1.29, 1.82) is 0 Å². The average molecular weight is 237 g/mol. The van der Waals surface area contributed by atoms with E-state index < -0.39 is 17.8 Å². The maximum atomic E-state index is 10.9. The third kappa shape index (κ3) is 4.10. The number of hydrogen-bond acceptors (Lipinski definition) is 4. The minimum absolute atomic E-state index is 0.369. The van der Waals surface area contributed by atoms with E-state index in [0.29, 0.717) is 24.3 Å². The molecule has 6 nitrogen and oxygen atoms in total. The number of carboxylic acid groups (broad SMARTS) is 1. The lowest BCUT2D eigenvalue weighted by molar-refractivity contribution is -0.141. The molecular weight excluding hydrogens is 222 g/mol. The highest BCUT2D eigenvalue weighted by atomic mass is 16.4. The first-order valence-corrected chi connectivity index (χ1v) is 5.23. The van der Waals surface area contributed by atoms with E-state index >= 15 is 0 Å². The molecule has 1 aromatic rings. The van der Waals surface area contributed by atoms with Gasteiger partial charge in [-0.05, 0) is 18.6 Å². The Balaban J connectivity index is 2.49. The van der Waals surface area contributed by atoms with Crippen molar-refractivity contribution in [1.82, 2.24) is 4.98 Å². The number of nitrogens with one attached hydrogen (secondary N) is 1. The third-order valence-electron chi connectivity index (χ3n) is 2.35. The fraction of sp³-hybridized carbons (Fsp3) is 0.364. The van der Waals surface area contributed by atoms with Crippen LogP contribution in [0.2, 0.25) is 0 Å². The highest BCUT2D eigenvalue weighted by molar-refractivity contribution is 5.93. The molecule has 0 aliphatic heterocycles. The number of nitrogens with zero attached hydrogens (tertiary/aromatic N) is 1. The lowest BCUT2D eigenvalue weighted by Crippen LogP contribution is -2.15. The topological polar surface area (TPSA) is 105 Å². The van der Waals surface area contributed by atoms with Gasteiger partial charge in [0, 0.05) is 18.3 Å². The van der Waals surface area contributed by atoms with Crippen LogP contribution < -0.4 is 11.1 Å². The Labute approximate surface area is 98.8 Å². The van der Waals surface area contributed by atoms with Crippen LogP contribution in [-0.2, 0) is 4.79 Å². The monoisotopic (exact) mass is 237 g/mol. The number of aliphatic carboxylic acids is 1. The van der Waals surface area contributed by atoms with Gasteiger partial charge >= 0.3 is 5.97 Å². The summed E-state index contributed by atoms with van der Waals surface area (Å²) in [5, 5.41) is 11.6. The molecule has 6 heteroatoms. The second-order valence-corrected chi connectivity index (χ2v) is 3.75. The zero-order valence-electron chi connectivity index (χ0n) is 9.51. The van der Waals surface area contributed by atoms with Crippen molar-refractivity contribution in [2.45, 2.75) is 13.3 Å². The van der Waals surface area contributed by atoms with Crippen molar-refractivity contribution in [2.75, 3.05) is 11.9 Å². The maximum Gasteiger partial charge on any atom is 0.306 e. The summed E-state index contributed by atoms with van der Waals surface area (Å²) in [6, 6.07) is 3.06. The quantitative estimate of drug-likeness (QED) is 0.675. The molecular formula is C11H15N3O3. The number of carboxylic acids is 1. The number of carbonyl (C=O) groups excluding carboxylic acids is 1. The fourth-order valence-corrected chi connectivity index (χ4v) is 1.22. The second kappa shape index (κ2) is 5.83. The first-order valence-electron chi connectivity index (χ1n) is 5.23. The van der Waals surface area contributed by atoms with Gasteiger partial charge in [0.2, 0.25) is 5.91 Å². The largest absolute Gasteiger partial charge is 0.481 e. The highest BCUT2D eigenvalue weighted by Crippen LogP contribution is 2.07. The number of aromatic nitrogens is 1. The van der Waals surface area contributed by atoms with Crippen LogP contribution in [0.25, 0.3) is 0 Å². The number of carbonyl (C=O) groups is 2. The molecule has 92 valence electrons. The van der Waals surface area contributed by atoms with Crippen LogP contribution in [-0.4, -0.2) is 28.5 Å². The SMILES string of the molecule is CC(CCNc1cc(C(N)=O)ccn1)C(=O)O. The Morgan fingerprint density at radius 2 is 2.29 bits per heavy atom. The summed E-state index contributed by atoms with van der Waals surface area (Å²) in [5.41, 5.74) is 5.50. The van der Waals surface area contributed by atoms with Crippen molar-refractivity contribution in [3.8, 4) is 0 Å². The van der Waals surface area contributed by atoms with E-state index in [-0.39, 0.29) is 0 Å². The van der Waals surface area contributed by atoms with Gasteiger partial charge in [0.25, 0.3) is 0 Å². The smallest absolute Gasteiger partial charge is 0.306 e. The summed E-state index contributed by atoms with van der Waals surface area (Å²) >= 11 is 0. The zero-order valence-corrected chi connectivity index (χ0v) is 9.51. The summed E-state index contributed by atoms with van der Waals surface area (Å²) in [4.78, 5) is 25.5. The van der Waals surface area contributed by atoms with Crippen LogP contribution >= 0.6 is 0 Å². The van der Waals surface area contributed by atoms with Crippen molar-refractivity contribution in [3.63, 3.8) is 0 Å². The summed E-state index contributed by atoms with van der Waals surface area (Å²) in [6.07, 6.45) is 1.96. The molecule has 0 saturated carbocycles. The summed E-state index contributed by atoms with van der Waals surface area (Å²) in [5.74, 6) is -1.25. The van der Waals surface area contributed by atoms with Crippen LogP contribution in [0, 0.1) is 5.92 Å². The van der Waals surface area contributed by atoms with E-state index in [0.717, 1.165) is 0 Å². The summed E-state index contributed by atoms with van der Waals surface area (Å²) < 4.78 is 0. The standard InChI is InChI=1S/C11H15N3O3/c1-7(11(16)17)2-4-13-9-6-8(10(12)15)3-5-14-9/h3,5-7H,2,4H2,1H3,(H2,12,15)(H,13,14)(H,16,17). The second-order valence-electron chi connectivity index (χ2n) is 3.75. The van der Waals surface area contributed by atoms with Crippen LogP contribution in [0.3, 0.4) is 0 Å². The maximum absolute atomic E-state index is 10.9. The van der Waals surface area contributed by atoms with Gasteiger partial charge in [0.15, 0.2) is 0 Å². The van der Waals surface area contributed by atoms with Crippen molar-refractivity contribution < 1.29 is 14.7 Å². The molecule has 1 aromatic heterocycles. The molecule has 0 bridgehead atoms. The molecule has 17 heavy (non-hydrogen) atoms. The van der Waals surface area contributed by atoms with Crippen LogP contribution in [0.5, 0.6) is 0 Å². The molecule has 1 atom stereocenters. The molecule has 0 saturated heterocycles. The predicted molar refractivity (Wildman–Crippen MR) is 62.7 cm³/mol. The highest BCUT2D eigenvalue weighted by Gasteiger charge is 2.10. The van der Waals surface area contributed by atoms with Crippen molar-refractivity contribution in [3.05, 3.63) is 23.9 Å². The van der Waals surface area contributed by atoms with Gasteiger partial charge < -0.3 is 16.2 Å². The lowest BCUT2D eigenvalue weighted by Gasteiger charge is -2.08.